The van der Waals surface area contributed by atoms with Crippen LogP contribution in [-0.2, 0) is 5.41 Å². The molecule has 0 fully saturated rings. The molecule has 0 atom stereocenters. The van der Waals surface area contributed by atoms with Crippen LogP contribution in [0.15, 0.2) is 259 Å². The summed E-state index contributed by atoms with van der Waals surface area (Å²) in [7, 11) is 0. The van der Waals surface area contributed by atoms with Crippen LogP contribution < -0.4 is 9.80 Å². The summed E-state index contributed by atoms with van der Waals surface area (Å²) in [6, 6.07) is 93.3. The maximum Gasteiger partial charge on any atom is 0.137 e. The quantitative estimate of drug-likeness (QED) is 0.159. The molecule has 15 rings (SSSR count). The molecule has 0 radical (unpaired) electrons. The van der Waals surface area contributed by atoms with E-state index in [0.29, 0.717) is 0 Å². The number of anilines is 6. The molecule has 2 aliphatic carbocycles. The highest BCUT2D eigenvalue weighted by atomic mass is 32.1. The molecule has 2 aromatic heterocycles. The molecule has 0 unspecified atom stereocenters. The smallest absolute Gasteiger partial charge is 0.137 e. The van der Waals surface area contributed by atoms with Crippen molar-refractivity contribution in [3.8, 4) is 33.4 Å². The summed E-state index contributed by atoms with van der Waals surface area (Å²) in [5.74, 6) is 0. The summed E-state index contributed by atoms with van der Waals surface area (Å²) in [6.45, 7) is 0. The van der Waals surface area contributed by atoms with Gasteiger partial charge in [0.2, 0.25) is 0 Å². The Morgan fingerprint density at radius 3 is 1.56 bits per heavy atom. The Kier molecular flexibility index (Phi) is 8.74. The van der Waals surface area contributed by atoms with Crippen molar-refractivity contribution in [2.45, 2.75) is 5.41 Å². The molecule has 0 amide bonds. The van der Waals surface area contributed by atoms with Crippen LogP contribution in [0.25, 0.3) is 75.5 Å². The molecule has 11 aromatic carbocycles. The van der Waals surface area contributed by atoms with E-state index in [2.05, 4.69) is 265 Å². The minimum absolute atomic E-state index is 0.506. The van der Waals surface area contributed by atoms with Crippen molar-refractivity contribution in [3.05, 3.63) is 277 Å². The minimum Gasteiger partial charge on any atom is -0.456 e. The van der Waals surface area contributed by atoms with E-state index < -0.39 is 5.41 Å². The van der Waals surface area contributed by atoms with Crippen molar-refractivity contribution < 1.29 is 4.42 Å². The Bertz CT molecular complexity index is 4160. The minimum atomic E-state index is -0.506. The zero-order valence-corrected chi connectivity index (χ0v) is 39.3. The summed E-state index contributed by atoms with van der Waals surface area (Å²) in [4.78, 5) is 4.82. The molecule has 0 aliphatic heterocycles. The van der Waals surface area contributed by atoms with Gasteiger partial charge in [-0.05, 0) is 141 Å². The van der Waals surface area contributed by atoms with Crippen LogP contribution in [0, 0.1) is 0 Å². The number of furan rings is 1. The SMILES string of the molecule is c1ccc(N(c2ccccc2)c2ccc3c(c2-c2ccc4c(c2)oc2cccc(N(c5ccccc5)c5ccc6sc7ccccc7c6c5)c24)-c2ccccc2C32c3ccccc3-c3ccccc32)cc1. The van der Waals surface area contributed by atoms with Gasteiger partial charge < -0.3 is 14.2 Å². The Balaban J connectivity index is 1.00. The van der Waals surface area contributed by atoms with Crippen LogP contribution in [0.4, 0.5) is 34.1 Å². The number of hydrogen-bond donors (Lipinski definition) is 0. The van der Waals surface area contributed by atoms with Crippen LogP contribution in [0.3, 0.4) is 0 Å². The number of fused-ring (bicyclic) bond motifs is 16. The molecule has 332 valence electrons. The lowest BCUT2D eigenvalue weighted by atomic mass is 9.70. The zero-order chi connectivity index (χ0) is 46.6. The fraction of sp³-hybridized carbons (Fsp3) is 0.0149. The van der Waals surface area contributed by atoms with E-state index in [1.165, 1.54) is 64.7 Å². The van der Waals surface area contributed by atoms with Crippen LogP contribution in [-0.4, -0.2) is 0 Å². The van der Waals surface area contributed by atoms with Gasteiger partial charge in [0.15, 0.2) is 0 Å². The molecule has 13 aromatic rings. The van der Waals surface area contributed by atoms with Crippen molar-refractivity contribution in [3.63, 3.8) is 0 Å². The normalized spacial score (nSPS) is 12.9. The van der Waals surface area contributed by atoms with Gasteiger partial charge in [-0.2, -0.15) is 0 Å². The predicted molar refractivity (Wildman–Crippen MR) is 298 cm³/mol. The fourth-order valence-electron chi connectivity index (χ4n) is 12.2. The first-order valence-electron chi connectivity index (χ1n) is 24.3. The average molecular weight is 923 g/mol. The number of rotatable bonds is 7. The molecule has 0 N–H and O–H groups in total. The number of nitrogens with zero attached hydrogens (tertiary/aromatic N) is 2. The van der Waals surface area contributed by atoms with Gasteiger partial charge in [-0.3, -0.25) is 0 Å². The Morgan fingerprint density at radius 2 is 0.887 bits per heavy atom. The van der Waals surface area contributed by atoms with Gasteiger partial charge in [-0.25, -0.2) is 0 Å². The Hall–Kier alpha value is -8.96. The molecule has 0 bridgehead atoms. The van der Waals surface area contributed by atoms with Gasteiger partial charge in [-0.1, -0.05) is 164 Å². The fourth-order valence-corrected chi connectivity index (χ4v) is 13.3. The number of hydrogen-bond acceptors (Lipinski definition) is 4. The third kappa shape index (κ3) is 5.77. The van der Waals surface area contributed by atoms with Gasteiger partial charge in [0.25, 0.3) is 0 Å². The number of para-hydroxylation sites is 3. The van der Waals surface area contributed by atoms with E-state index in [1.807, 2.05) is 11.3 Å². The van der Waals surface area contributed by atoms with Gasteiger partial charge in [0.1, 0.15) is 11.2 Å². The number of benzene rings is 11. The van der Waals surface area contributed by atoms with Crippen LogP contribution in [0.1, 0.15) is 22.3 Å². The standard InChI is InChI=1S/C67H42N2OS/c1-4-19-44(20-5-1)68(45-21-6-2-7-22-45)59-39-38-57-65(51-28-12-16-31-56(51)67(57)54-29-14-10-25-48(54)49-26-11-15-30-55(49)67)64(59)43-35-37-52-61(41-43)70-60-33-18-32-58(66(52)60)69(46-23-8-3-9-24-46)47-36-40-63-53(42-47)50-27-13-17-34-62(50)71-63/h1-42H. The Morgan fingerprint density at radius 1 is 0.324 bits per heavy atom. The monoisotopic (exact) mass is 922 g/mol. The highest BCUT2D eigenvalue weighted by Gasteiger charge is 2.52. The molecule has 4 heteroatoms. The number of thiophene rings is 1. The molecular weight excluding hydrogens is 881 g/mol. The second-order valence-corrected chi connectivity index (χ2v) is 19.8. The summed E-state index contributed by atoms with van der Waals surface area (Å²) in [5, 5.41) is 4.68. The third-order valence-corrected chi connectivity index (χ3v) is 16.2. The van der Waals surface area contributed by atoms with Crippen molar-refractivity contribution in [1.29, 1.82) is 0 Å². The van der Waals surface area contributed by atoms with Crippen LogP contribution in [0.5, 0.6) is 0 Å². The summed E-state index contributed by atoms with van der Waals surface area (Å²) < 4.78 is 9.67. The van der Waals surface area contributed by atoms with Gasteiger partial charge in [-0.15, -0.1) is 11.3 Å². The Labute approximate surface area is 415 Å². The maximum atomic E-state index is 7.10. The zero-order valence-electron chi connectivity index (χ0n) is 38.5. The molecule has 2 heterocycles. The van der Waals surface area contributed by atoms with E-state index >= 15 is 0 Å². The van der Waals surface area contributed by atoms with Gasteiger partial charge in [0.05, 0.1) is 22.2 Å². The molecular formula is C67H42N2OS. The highest BCUT2D eigenvalue weighted by Crippen LogP contribution is 2.65. The van der Waals surface area contributed by atoms with Crippen LogP contribution in [0.2, 0.25) is 0 Å². The van der Waals surface area contributed by atoms with E-state index in [9.17, 15) is 0 Å². The van der Waals surface area contributed by atoms with Crippen molar-refractivity contribution in [1.82, 2.24) is 0 Å². The van der Waals surface area contributed by atoms with Crippen molar-refractivity contribution >= 4 is 87.6 Å². The lowest BCUT2D eigenvalue weighted by molar-refractivity contribution is 0.669. The summed E-state index contributed by atoms with van der Waals surface area (Å²) in [5.41, 5.74) is 20.2. The van der Waals surface area contributed by atoms with Crippen molar-refractivity contribution in [2.24, 2.45) is 0 Å². The topological polar surface area (TPSA) is 19.6 Å². The first-order valence-corrected chi connectivity index (χ1v) is 25.1. The lowest BCUT2D eigenvalue weighted by Gasteiger charge is -2.32. The highest BCUT2D eigenvalue weighted by molar-refractivity contribution is 7.25. The first-order chi connectivity index (χ1) is 35.2. The molecule has 3 nitrogen and oxygen atoms in total. The van der Waals surface area contributed by atoms with Crippen molar-refractivity contribution in [2.75, 3.05) is 9.80 Å². The van der Waals surface area contributed by atoms with E-state index in [-0.39, 0.29) is 0 Å². The first kappa shape index (κ1) is 40.0. The maximum absolute atomic E-state index is 7.10. The van der Waals surface area contributed by atoms with E-state index in [1.54, 1.807) is 0 Å². The molecule has 1 spiro atoms. The third-order valence-electron chi connectivity index (χ3n) is 15.0. The second kappa shape index (κ2) is 15.5. The average Bonchev–Trinajstić information content (AvgIpc) is 4.18. The van der Waals surface area contributed by atoms with Crippen LogP contribution >= 0.6 is 11.3 Å². The predicted octanol–water partition coefficient (Wildman–Crippen LogP) is 18.9. The molecule has 0 saturated heterocycles. The molecule has 71 heavy (non-hydrogen) atoms. The second-order valence-electron chi connectivity index (χ2n) is 18.7. The molecule has 0 saturated carbocycles. The van der Waals surface area contributed by atoms with E-state index in [0.717, 1.165) is 67.2 Å². The van der Waals surface area contributed by atoms with Gasteiger partial charge >= 0.3 is 0 Å². The lowest BCUT2D eigenvalue weighted by Crippen LogP contribution is -2.26. The van der Waals surface area contributed by atoms with Gasteiger partial charge in [0, 0.05) is 53.9 Å². The molecule has 2 aliphatic rings. The summed E-state index contributed by atoms with van der Waals surface area (Å²) >= 11 is 1.85. The van der Waals surface area contributed by atoms with E-state index in [4.69, 9.17) is 4.42 Å². The summed E-state index contributed by atoms with van der Waals surface area (Å²) in [6.07, 6.45) is 0. The largest absolute Gasteiger partial charge is 0.456 e.